The van der Waals surface area contributed by atoms with E-state index in [0.29, 0.717) is 0 Å². The summed E-state index contributed by atoms with van der Waals surface area (Å²) < 4.78 is 0. The predicted octanol–water partition coefficient (Wildman–Crippen LogP) is 7.24. The van der Waals surface area contributed by atoms with Crippen molar-refractivity contribution < 1.29 is 5.11 Å². The van der Waals surface area contributed by atoms with Gasteiger partial charge in [-0.3, -0.25) is 4.99 Å². The van der Waals surface area contributed by atoms with Gasteiger partial charge in [-0.25, -0.2) is 0 Å². The zero-order chi connectivity index (χ0) is 22.6. The minimum atomic E-state index is -0.526. The van der Waals surface area contributed by atoms with E-state index >= 15 is 0 Å². The Kier molecular flexibility index (Phi) is 6.23. The Labute approximate surface area is 190 Å². The second kappa shape index (κ2) is 9.23. The van der Waals surface area contributed by atoms with Crippen molar-refractivity contribution in [1.29, 1.82) is 0 Å². The molecule has 4 aromatic carbocycles. The molecule has 0 aliphatic carbocycles. The Morgan fingerprint density at radius 3 is 1.72 bits per heavy atom. The number of aliphatic imine (C=N–C) groups is 1. The number of nitrogens with zero attached hydrogens (tertiary/aromatic N) is 1. The van der Waals surface area contributed by atoms with Gasteiger partial charge in [0.1, 0.15) is 5.75 Å². The van der Waals surface area contributed by atoms with Gasteiger partial charge in [-0.05, 0) is 43.0 Å². The maximum Gasteiger partial charge on any atom is 0.129 e. The molecule has 0 aromatic heterocycles. The van der Waals surface area contributed by atoms with Crippen LogP contribution in [-0.2, 0) is 5.41 Å². The van der Waals surface area contributed by atoms with Gasteiger partial charge in [0, 0.05) is 28.8 Å². The summed E-state index contributed by atoms with van der Waals surface area (Å²) in [7, 11) is 0. The molecule has 2 nitrogen and oxygen atoms in total. The van der Waals surface area contributed by atoms with Gasteiger partial charge >= 0.3 is 0 Å². The zero-order valence-corrected chi connectivity index (χ0v) is 18.9. The van der Waals surface area contributed by atoms with E-state index in [1.807, 2.05) is 74.7 Å². The molecule has 0 fully saturated rings. The van der Waals surface area contributed by atoms with Crippen LogP contribution in [0, 0.1) is 0 Å². The van der Waals surface area contributed by atoms with E-state index < -0.39 is 5.41 Å². The fraction of sp³-hybridized carbons (Fsp3) is 0.167. The molecular weight excluding hydrogens is 390 g/mol. The van der Waals surface area contributed by atoms with Crippen LogP contribution in [0.1, 0.15) is 43.0 Å². The Balaban J connectivity index is 2.00. The second-order valence-electron chi connectivity index (χ2n) is 8.52. The average Bonchev–Trinajstić information content (AvgIpc) is 2.84. The lowest BCUT2D eigenvalue weighted by molar-refractivity contribution is 0.457. The Morgan fingerprint density at radius 1 is 0.719 bits per heavy atom. The fourth-order valence-electron chi connectivity index (χ4n) is 4.26. The number of aromatic hydroxyl groups is 1. The quantitative estimate of drug-likeness (QED) is 0.259. The molecule has 2 heteroatoms. The highest BCUT2D eigenvalue weighted by Gasteiger charge is 2.34. The van der Waals surface area contributed by atoms with Crippen molar-refractivity contribution in [3.8, 4) is 16.9 Å². The Hall–Kier alpha value is -3.65. The van der Waals surface area contributed by atoms with Gasteiger partial charge in [-0.2, -0.15) is 0 Å². The summed E-state index contributed by atoms with van der Waals surface area (Å²) in [4.78, 5) is 4.63. The number of rotatable bonds is 6. The van der Waals surface area contributed by atoms with Gasteiger partial charge in [0.05, 0.1) is 0 Å². The monoisotopic (exact) mass is 419 g/mol. The van der Waals surface area contributed by atoms with Crippen molar-refractivity contribution in [1.82, 2.24) is 0 Å². The number of phenolic OH excluding ortho intramolecular Hbond substituents is 1. The molecule has 0 saturated carbocycles. The molecule has 0 radical (unpaired) electrons. The molecule has 0 aliphatic rings. The van der Waals surface area contributed by atoms with E-state index in [4.69, 9.17) is 0 Å². The first kappa shape index (κ1) is 21.6. The molecule has 32 heavy (non-hydrogen) atoms. The van der Waals surface area contributed by atoms with Gasteiger partial charge in [0.25, 0.3) is 0 Å². The molecule has 4 rings (SSSR count). The predicted molar refractivity (Wildman–Crippen MR) is 135 cm³/mol. The topological polar surface area (TPSA) is 32.6 Å². The summed E-state index contributed by atoms with van der Waals surface area (Å²) in [5.41, 5.74) is 5.37. The first-order valence-corrected chi connectivity index (χ1v) is 11.1. The number of hydrogen-bond donors (Lipinski definition) is 1. The Morgan fingerprint density at radius 2 is 1.22 bits per heavy atom. The fourth-order valence-corrected chi connectivity index (χ4v) is 4.26. The molecule has 0 unspecified atom stereocenters. The van der Waals surface area contributed by atoms with Crippen LogP contribution in [-0.4, -0.2) is 17.4 Å². The molecule has 1 N–H and O–H groups in total. The van der Waals surface area contributed by atoms with Crippen LogP contribution in [0.3, 0.4) is 0 Å². The highest BCUT2D eigenvalue weighted by molar-refractivity contribution is 5.94. The van der Waals surface area contributed by atoms with Crippen molar-refractivity contribution in [2.45, 2.75) is 32.2 Å². The SMILES string of the molecule is CC(C)N=Cc1c(-c2ccccc2)ccc(C(C)(c2ccccc2)c2ccccc2)c1O. The van der Waals surface area contributed by atoms with Crippen molar-refractivity contribution in [3.63, 3.8) is 0 Å². The number of phenols is 1. The smallest absolute Gasteiger partial charge is 0.129 e. The van der Waals surface area contributed by atoms with Gasteiger partial charge in [-0.1, -0.05) is 103 Å². The standard InChI is InChI=1S/C30H29NO/c1-22(2)31-21-27-26(23-13-7-4-8-14-23)19-20-28(29(27)32)30(3,24-15-9-5-10-16-24)25-17-11-6-12-18-25/h4-22,32H,1-3H3. The van der Waals surface area contributed by atoms with Crippen molar-refractivity contribution in [2.24, 2.45) is 4.99 Å². The molecule has 0 atom stereocenters. The van der Waals surface area contributed by atoms with Crippen molar-refractivity contribution in [3.05, 3.63) is 125 Å². The van der Waals surface area contributed by atoms with E-state index in [-0.39, 0.29) is 11.8 Å². The van der Waals surface area contributed by atoms with E-state index in [1.165, 1.54) is 0 Å². The molecule has 0 aliphatic heterocycles. The highest BCUT2D eigenvalue weighted by Crippen LogP contribution is 2.45. The summed E-state index contributed by atoms with van der Waals surface area (Å²) >= 11 is 0. The van der Waals surface area contributed by atoms with Gasteiger partial charge in [0.15, 0.2) is 0 Å². The molecule has 0 heterocycles. The summed E-state index contributed by atoms with van der Waals surface area (Å²) in [5.74, 6) is 0.269. The third-order valence-electron chi connectivity index (χ3n) is 6.04. The zero-order valence-electron chi connectivity index (χ0n) is 18.9. The highest BCUT2D eigenvalue weighted by atomic mass is 16.3. The maximum atomic E-state index is 11.7. The number of hydrogen-bond acceptors (Lipinski definition) is 2. The van der Waals surface area contributed by atoms with Crippen molar-refractivity contribution in [2.75, 3.05) is 0 Å². The third kappa shape index (κ3) is 4.09. The molecule has 0 spiro atoms. The van der Waals surface area contributed by atoms with Crippen LogP contribution >= 0.6 is 0 Å². The molecule has 160 valence electrons. The van der Waals surface area contributed by atoms with Gasteiger partial charge in [-0.15, -0.1) is 0 Å². The van der Waals surface area contributed by atoms with Crippen LogP contribution in [0.2, 0.25) is 0 Å². The Bertz CT molecular complexity index is 1160. The molecule has 4 aromatic rings. The largest absolute Gasteiger partial charge is 0.507 e. The normalized spacial score (nSPS) is 11.9. The lowest BCUT2D eigenvalue weighted by Crippen LogP contribution is -2.25. The van der Waals surface area contributed by atoms with Crippen LogP contribution in [0.5, 0.6) is 5.75 Å². The lowest BCUT2D eigenvalue weighted by Gasteiger charge is -2.33. The summed E-state index contributed by atoms with van der Waals surface area (Å²) in [6, 6.07) is 35.2. The van der Waals surface area contributed by atoms with E-state index in [1.54, 1.807) is 0 Å². The van der Waals surface area contributed by atoms with E-state index in [9.17, 15) is 5.11 Å². The first-order chi connectivity index (χ1) is 15.5. The van der Waals surface area contributed by atoms with E-state index in [2.05, 4.69) is 60.4 Å². The minimum Gasteiger partial charge on any atom is -0.507 e. The summed E-state index contributed by atoms with van der Waals surface area (Å²) in [6.45, 7) is 6.26. The van der Waals surface area contributed by atoms with Crippen LogP contribution in [0.15, 0.2) is 108 Å². The third-order valence-corrected chi connectivity index (χ3v) is 6.04. The first-order valence-electron chi connectivity index (χ1n) is 11.1. The maximum absolute atomic E-state index is 11.7. The van der Waals surface area contributed by atoms with Gasteiger partial charge in [0.2, 0.25) is 0 Å². The second-order valence-corrected chi connectivity index (χ2v) is 8.52. The van der Waals surface area contributed by atoms with Crippen LogP contribution < -0.4 is 0 Å². The van der Waals surface area contributed by atoms with Crippen LogP contribution in [0.4, 0.5) is 0 Å². The van der Waals surface area contributed by atoms with Gasteiger partial charge < -0.3 is 5.11 Å². The minimum absolute atomic E-state index is 0.135. The van der Waals surface area contributed by atoms with Crippen molar-refractivity contribution >= 4 is 6.21 Å². The summed E-state index contributed by atoms with van der Waals surface area (Å²) in [5, 5.41) is 11.7. The molecular formula is C30H29NO. The lowest BCUT2D eigenvalue weighted by atomic mass is 9.70. The summed E-state index contributed by atoms with van der Waals surface area (Å²) in [6.07, 6.45) is 1.82. The van der Waals surface area contributed by atoms with E-state index in [0.717, 1.165) is 33.4 Å². The molecule has 0 amide bonds. The molecule has 0 saturated heterocycles. The average molecular weight is 420 g/mol. The molecule has 0 bridgehead atoms. The number of benzene rings is 4. The van der Waals surface area contributed by atoms with Crippen LogP contribution in [0.25, 0.3) is 11.1 Å².